The summed E-state index contributed by atoms with van der Waals surface area (Å²) >= 11 is 0. The SMILES string of the molecule is CCCCCC(O)c1ccc(N(Cc2ccc(CC)cc2)S(=O)(=O)c2ccco2)cc1. The summed E-state index contributed by atoms with van der Waals surface area (Å²) in [5, 5.41) is 10.3. The summed E-state index contributed by atoms with van der Waals surface area (Å²) in [4.78, 5) is 0. The van der Waals surface area contributed by atoms with Crippen LogP contribution in [0.3, 0.4) is 0 Å². The summed E-state index contributed by atoms with van der Waals surface area (Å²) in [6.45, 7) is 4.40. The Labute approximate surface area is 185 Å². The van der Waals surface area contributed by atoms with Crippen LogP contribution in [0.2, 0.25) is 0 Å². The number of unbranched alkanes of at least 4 members (excludes halogenated alkanes) is 2. The van der Waals surface area contributed by atoms with Crippen molar-refractivity contribution >= 4 is 15.7 Å². The van der Waals surface area contributed by atoms with Crippen molar-refractivity contribution in [3.63, 3.8) is 0 Å². The molecule has 0 bridgehead atoms. The van der Waals surface area contributed by atoms with Crippen LogP contribution in [-0.2, 0) is 23.0 Å². The van der Waals surface area contributed by atoms with Gasteiger partial charge in [0.25, 0.3) is 10.0 Å². The molecule has 0 aliphatic rings. The Morgan fingerprint density at radius 2 is 1.61 bits per heavy atom. The molecule has 0 radical (unpaired) electrons. The second-order valence-electron chi connectivity index (χ2n) is 7.72. The smallest absolute Gasteiger partial charge is 0.298 e. The van der Waals surface area contributed by atoms with Crippen LogP contribution in [0, 0.1) is 0 Å². The monoisotopic (exact) mass is 441 g/mol. The van der Waals surface area contributed by atoms with E-state index in [4.69, 9.17) is 4.42 Å². The van der Waals surface area contributed by atoms with Gasteiger partial charge in [-0.1, -0.05) is 69.5 Å². The Bertz CT molecular complexity index is 1030. The molecule has 0 aliphatic carbocycles. The van der Waals surface area contributed by atoms with Crippen molar-refractivity contribution in [1.82, 2.24) is 0 Å². The van der Waals surface area contributed by atoms with E-state index in [1.165, 1.54) is 22.2 Å². The van der Waals surface area contributed by atoms with E-state index >= 15 is 0 Å². The van der Waals surface area contributed by atoms with E-state index in [0.29, 0.717) is 12.1 Å². The standard InChI is InChI=1S/C25H31NO4S/c1-3-5-6-8-24(27)22-14-16-23(17-15-22)26(31(28,29)25-9-7-18-30-25)19-21-12-10-20(4-2)11-13-21/h7,9-18,24,27H,3-6,8,19H2,1-2H3. The molecule has 1 aromatic heterocycles. The van der Waals surface area contributed by atoms with Gasteiger partial charge in [0.15, 0.2) is 0 Å². The lowest BCUT2D eigenvalue weighted by Gasteiger charge is -2.24. The van der Waals surface area contributed by atoms with Crippen LogP contribution in [-0.4, -0.2) is 13.5 Å². The van der Waals surface area contributed by atoms with Crippen molar-refractivity contribution in [2.24, 2.45) is 0 Å². The third-order valence-electron chi connectivity index (χ3n) is 5.44. The number of hydrogen-bond donors (Lipinski definition) is 1. The first kappa shape index (κ1) is 23.1. The maximum Gasteiger partial charge on any atom is 0.298 e. The second kappa shape index (κ2) is 10.6. The summed E-state index contributed by atoms with van der Waals surface area (Å²) < 4.78 is 33.2. The van der Waals surface area contributed by atoms with Gasteiger partial charge in [0.2, 0.25) is 5.09 Å². The Morgan fingerprint density at radius 3 is 2.19 bits per heavy atom. The van der Waals surface area contributed by atoms with Crippen molar-refractivity contribution in [2.45, 2.75) is 63.7 Å². The predicted molar refractivity (Wildman–Crippen MR) is 123 cm³/mol. The molecule has 3 rings (SSSR count). The van der Waals surface area contributed by atoms with Crippen LogP contribution in [0.25, 0.3) is 0 Å². The molecule has 166 valence electrons. The molecule has 1 unspecified atom stereocenters. The zero-order valence-electron chi connectivity index (χ0n) is 18.2. The minimum absolute atomic E-state index is 0.0960. The number of nitrogens with zero attached hydrogens (tertiary/aromatic N) is 1. The highest BCUT2D eigenvalue weighted by molar-refractivity contribution is 7.92. The zero-order valence-corrected chi connectivity index (χ0v) is 19.0. The van der Waals surface area contributed by atoms with Crippen LogP contribution in [0.4, 0.5) is 5.69 Å². The highest BCUT2D eigenvalue weighted by Gasteiger charge is 2.28. The molecule has 0 aliphatic heterocycles. The Hall–Kier alpha value is -2.57. The molecule has 0 fully saturated rings. The zero-order chi connectivity index (χ0) is 22.3. The van der Waals surface area contributed by atoms with Gasteiger partial charge in [-0.2, -0.15) is 8.42 Å². The van der Waals surface area contributed by atoms with Crippen molar-refractivity contribution < 1.29 is 17.9 Å². The van der Waals surface area contributed by atoms with Gasteiger partial charge in [0.1, 0.15) is 0 Å². The lowest BCUT2D eigenvalue weighted by Crippen LogP contribution is -2.30. The molecular weight excluding hydrogens is 410 g/mol. The normalized spacial score (nSPS) is 12.6. The molecular formula is C25H31NO4S. The molecule has 1 N–H and O–H groups in total. The number of aryl methyl sites for hydroxylation is 1. The lowest BCUT2D eigenvalue weighted by molar-refractivity contribution is 0.163. The van der Waals surface area contributed by atoms with E-state index in [0.717, 1.165) is 36.8 Å². The minimum Gasteiger partial charge on any atom is -0.451 e. The average molecular weight is 442 g/mol. The van der Waals surface area contributed by atoms with Gasteiger partial charge in [-0.15, -0.1) is 0 Å². The van der Waals surface area contributed by atoms with Gasteiger partial charge >= 0.3 is 0 Å². The molecule has 0 spiro atoms. The van der Waals surface area contributed by atoms with Gasteiger partial charge < -0.3 is 9.52 Å². The third-order valence-corrected chi connectivity index (χ3v) is 7.10. The van der Waals surface area contributed by atoms with Gasteiger partial charge in [-0.05, 0) is 53.8 Å². The summed E-state index contributed by atoms with van der Waals surface area (Å²) in [5.41, 5.74) is 3.41. The van der Waals surface area contributed by atoms with E-state index in [9.17, 15) is 13.5 Å². The molecule has 5 nitrogen and oxygen atoms in total. The fourth-order valence-electron chi connectivity index (χ4n) is 3.50. The Balaban J connectivity index is 1.88. The first-order valence-corrected chi connectivity index (χ1v) is 12.3. The molecule has 3 aromatic rings. The van der Waals surface area contributed by atoms with E-state index in [1.807, 2.05) is 24.3 Å². The van der Waals surface area contributed by atoms with Gasteiger partial charge in [-0.3, -0.25) is 4.31 Å². The van der Waals surface area contributed by atoms with Crippen LogP contribution in [0.5, 0.6) is 0 Å². The highest BCUT2D eigenvalue weighted by atomic mass is 32.2. The lowest BCUT2D eigenvalue weighted by atomic mass is 10.0. The molecule has 0 saturated carbocycles. The fourth-order valence-corrected chi connectivity index (χ4v) is 4.86. The van der Waals surface area contributed by atoms with Crippen molar-refractivity contribution in [2.75, 3.05) is 4.31 Å². The number of furan rings is 1. The quantitative estimate of drug-likeness (QED) is 0.379. The second-order valence-corrected chi connectivity index (χ2v) is 9.51. The maximum atomic E-state index is 13.3. The van der Waals surface area contributed by atoms with Crippen molar-refractivity contribution in [1.29, 1.82) is 0 Å². The van der Waals surface area contributed by atoms with E-state index < -0.39 is 16.1 Å². The van der Waals surface area contributed by atoms with E-state index in [2.05, 4.69) is 13.8 Å². The summed E-state index contributed by atoms with van der Waals surface area (Å²) in [5.74, 6) is 0. The number of hydrogen-bond acceptors (Lipinski definition) is 4. The molecule has 0 saturated heterocycles. The Kier molecular flexibility index (Phi) is 7.93. The predicted octanol–water partition coefficient (Wildman–Crippen LogP) is 5.85. The molecule has 1 heterocycles. The molecule has 31 heavy (non-hydrogen) atoms. The number of aliphatic hydroxyl groups excluding tert-OH is 1. The molecule has 2 aromatic carbocycles. The largest absolute Gasteiger partial charge is 0.451 e. The summed E-state index contributed by atoms with van der Waals surface area (Å²) in [6.07, 6.45) is 5.59. The summed E-state index contributed by atoms with van der Waals surface area (Å²) in [6, 6.07) is 18.1. The van der Waals surface area contributed by atoms with Crippen LogP contribution in [0.15, 0.2) is 76.4 Å². The maximum absolute atomic E-state index is 13.3. The number of aliphatic hydroxyl groups is 1. The van der Waals surface area contributed by atoms with Crippen LogP contribution >= 0.6 is 0 Å². The number of anilines is 1. The third kappa shape index (κ3) is 5.77. The molecule has 6 heteroatoms. The van der Waals surface area contributed by atoms with Gasteiger partial charge in [0, 0.05) is 0 Å². The van der Waals surface area contributed by atoms with Crippen molar-refractivity contribution in [3.8, 4) is 0 Å². The first-order chi connectivity index (χ1) is 15.0. The molecule has 1 atom stereocenters. The van der Waals surface area contributed by atoms with Crippen LogP contribution < -0.4 is 4.31 Å². The van der Waals surface area contributed by atoms with Gasteiger partial charge in [-0.25, -0.2) is 0 Å². The number of rotatable bonds is 11. The topological polar surface area (TPSA) is 70.8 Å². The molecule has 0 amide bonds. The van der Waals surface area contributed by atoms with E-state index in [-0.39, 0.29) is 11.6 Å². The van der Waals surface area contributed by atoms with Crippen LogP contribution in [0.1, 0.15) is 62.3 Å². The average Bonchev–Trinajstić information content (AvgIpc) is 3.34. The van der Waals surface area contributed by atoms with Gasteiger partial charge in [0.05, 0.1) is 24.6 Å². The first-order valence-electron chi connectivity index (χ1n) is 10.9. The highest BCUT2D eigenvalue weighted by Crippen LogP contribution is 2.29. The number of sulfonamides is 1. The fraction of sp³-hybridized carbons (Fsp3) is 0.360. The summed E-state index contributed by atoms with van der Waals surface area (Å²) in [7, 11) is -3.87. The van der Waals surface area contributed by atoms with Crippen molar-refractivity contribution in [3.05, 3.63) is 83.6 Å². The number of benzene rings is 2. The minimum atomic E-state index is -3.87. The van der Waals surface area contributed by atoms with E-state index in [1.54, 1.807) is 30.3 Å². The Morgan fingerprint density at radius 1 is 0.935 bits per heavy atom.